The second-order valence-electron chi connectivity index (χ2n) is 6.09. The van der Waals surface area contributed by atoms with E-state index in [4.69, 9.17) is 10.7 Å². The van der Waals surface area contributed by atoms with E-state index >= 15 is 0 Å². The van der Waals surface area contributed by atoms with Gasteiger partial charge in [0, 0.05) is 18.5 Å². The van der Waals surface area contributed by atoms with Crippen molar-refractivity contribution in [1.29, 1.82) is 0 Å². The van der Waals surface area contributed by atoms with Gasteiger partial charge in [0.25, 0.3) is 0 Å². The molecule has 2 N–H and O–H groups in total. The lowest BCUT2D eigenvalue weighted by molar-refractivity contribution is 0.288. The Morgan fingerprint density at radius 2 is 1.95 bits per heavy atom. The predicted octanol–water partition coefficient (Wildman–Crippen LogP) is 3.75. The van der Waals surface area contributed by atoms with Gasteiger partial charge in [-0.3, -0.25) is 0 Å². The third-order valence-electron chi connectivity index (χ3n) is 4.48. The minimum absolute atomic E-state index is 0.174. The average Bonchev–Trinajstić information content (AvgIpc) is 2.77. The number of rotatable bonds is 6. The van der Waals surface area contributed by atoms with Crippen LogP contribution in [-0.2, 0) is 13.0 Å². The summed E-state index contributed by atoms with van der Waals surface area (Å²) in [5.41, 5.74) is 8.74. The molecule has 2 aromatic rings. The lowest BCUT2D eigenvalue weighted by Crippen LogP contribution is -2.47. The molecule has 1 aromatic heterocycles. The molecule has 2 rings (SSSR count). The van der Waals surface area contributed by atoms with Crippen LogP contribution in [-0.4, -0.2) is 15.1 Å². The van der Waals surface area contributed by atoms with Gasteiger partial charge in [0.1, 0.15) is 5.82 Å². The van der Waals surface area contributed by atoms with Crippen LogP contribution in [0.5, 0.6) is 0 Å². The van der Waals surface area contributed by atoms with Gasteiger partial charge in [-0.2, -0.15) is 0 Å². The van der Waals surface area contributed by atoms with Crippen LogP contribution in [0.2, 0.25) is 0 Å². The number of para-hydroxylation sites is 2. The Kier molecular flexibility index (Phi) is 4.48. The van der Waals surface area contributed by atoms with Gasteiger partial charge >= 0.3 is 0 Å². The van der Waals surface area contributed by atoms with Crippen molar-refractivity contribution in [1.82, 2.24) is 9.55 Å². The summed E-state index contributed by atoms with van der Waals surface area (Å²) in [7, 11) is 0. The molecule has 0 radical (unpaired) electrons. The van der Waals surface area contributed by atoms with Crippen LogP contribution in [0.3, 0.4) is 0 Å². The predicted molar refractivity (Wildman–Crippen MR) is 85.8 cm³/mol. The summed E-state index contributed by atoms with van der Waals surface area (Å²) in [5.74, 6) is 1.58. The Hall–Kier alpha value is -1.35. The second-order valence-corrected chi connectivity index (χ2v) is 6.09. The number of aromatic nitrogens is 2. The van der Waals surface area contributed by atoms with Crippen LogP contribution in [0.1, 0.15) is 46.4 Å². The summed E-state index contributed by atoms with van der Waals surface area (Å²) < 4.78 is 2.34. The summed E-state index contributed by atoms with van der Waals surface area (Å²) in [6.45, 7) is 9.80. The summed E-state index contributed by atoms with van der Waals surface area (Å²) in [4.78, 5) is 4.83. The highest BCUT2D eigenvalue weighted by Gasteiger charge is 2.29. The molecule has 0 spiro atoms. The van der Waals surface area contributed by atoms with Crippen molar-refractivity contribution in [3.05, 3.63) is 30.1 Å². The average molecular weight is 273 g/mol. The van der Waals surface area contributed by atoms with E-state index in [0.29, 0.717) is 5.92 Å². The van der Waals surface area contributed by atoms with Gasteiger partial charge in [0.05, 0.1) is 11.0 Å². The Balaban J connectivity index is 2.45. The molecule has 0 saturated carbocycles. The first-order chi connectivity index (χ1) is 9.51. The summed E-state index contributed by atoms with van der Waals surface area (Å²) >= 11 is 0. The molecular weight excluding hydrogens is 246 g/mol. The first-order valence-corrected chi connectivity index (χ1v) is 7.74. The van der Waals surface area contributed by atoms with E-state index in [1.165, 1.54) is 5.52 Å². The van der Waals surface area contributed by atoms with Crippen molar-refractivity contribution >= 4 is 11.0 Å². The Bertz CT molecular complexity index is 571. The monoisotopic (exact) mass is 273 g/mol. The second kappa shape index (κ2) is 5.96. The third kappa shape index (κ3) is 2.73. The fraction of sp³-hybridized carbons (Fsp3) is 0.588. The molecule has 20 heavy (non-hydrogen) atoms. The van der Waals surface area contributed by atoms with Crippen LogP contribution in [0.4, 0.5) is 0 Å². The zero-order chi connectivity index (χ0) is 14.8. The third-order valence-corrected chi connectivity index (χ3v) is 4.48. The molecular formula is C17H27N3. The number of aryl methyl sites for hydroxylation is 1. The SMILES string of the molecule is CCCn1c(CC(N)(CC)C(C)C)nc2ccccc21. The van der Waals surface area contributed by atoms with Gasteiger partial charge in [-0.15, -0.1) is 0 Å². The largest absolute Gasteiger partial charge is 0.328 e. The van der Waals surface area contributed by atoms with E-state index in [2.05, 4.69) is 50.5 Å². The molecule has 1 aromatic carbocycles. The number of fused-ring (bicyclic) bond motifs is 1. The van der Waals surface area contributed by atoms with Crippen molar-refractivity contribution in [2.75, 3.05) is 0 Å². The Morgan fingerprint density at radius 1 is 1.25 bits per heavy atom. The first-order valence-electron chi connectivity index (χ1n) is 7.74. The van der Waals surface area contributed by atoms with Crippen molar-refractivity contribution in [2.24, 2.45) is 11.7 Å². The molecule has 1 heterocycles. The van der Waals surface area contributed by atoms with Crippen molar-refractivity contribution < 1.29 is 0 Å². The van der Waals surface area contributed by atoms with Gasteiger partial charge in [0.2, 0.25) is 0 Å². The smallest absolute Gasteiger partial charge is 0.111 e. The van der Waals surface area contributed by atoms with Crippen LogP contribution in [0.25, 0.3) is 11.0 Å². The van der Waals surface area contributed by atoms with Crippen molar-refractivity contribution in [2.45, 2.75) is 59.0 Å². The lowest BCUT2D eigenvalue weighted by Gasteiger charge is -2.32. The summed E-state index contributed by atoms with van der Waals surface area (Å²) in [6.07, 6.45) is 2.93. The standard InChI is InChI=1S/C17H27N3/c1-5-11-20-15-10-8-7-9-14(15)19-16(20)12-17(18,6-2)13(3)4/h7-10,13H,5-6,11-12,18H2,1-4H3. The molecule has 110 valence electrons. The van der Waals surface area contributed by atoms with E-state index in [-0.39, 0.29) is 5.54 Å². The first kappa shape index (κ1) is 15.0. The number of imidazole rings is 1. The fourth-order valence-corrected chi connectivity index (χ4v) is 2.77. The normalized spacial score (nSPS) is 14.9. The maximum absolute atomic E-state index is 6.61. The minimum atomic E-state index is -0.174. The molecule has 1 unspecified atom stereocenters. The highest BCUT2D eigenvalue weighted by atomic mass is 15.1. The molecule has 0 aliphatic rings. The molecule has 3 heteroatoms. The lowest BCUT2D eigenvalue weighted by atomic mass is 9.82. The molecule has 0 amide bonds. The zero-order valence-electron chi connectivity index (χ0n) is 13.2. The van der Waals surface area contributed by atoms with Gasteiger partial charge in [-0.25, -0.2) is 4.98 Å². The number of hydrogen-bond acceptors (Lipinski definition) is 2. The van der Waals surface area contributed by atoms with E-state index in [1.807, 2.05) is 6.07 Å². The Morgan fingerprint density at radius 3 is 2.55 bits per heavy atom. The fourth-order valence-electron chi connectivity index (χ4n) is 2.77. The van der Waals surface area contributed by atoms with Crippen molar-refractivity contribution in [3.63, 3.8) is 0 Å². The van der Waals surface area contributed by atoms with E-state index < -0.39 is 0 Å². The van der Waals surface area contributed by atoms with Gasteiger partial charge < -0.3 is 10.3 Å². The van der Waals surface area contributed by atoms with Crippen LogP contribution in [0, 0.1) is 5.92 Å². The minimum Gasteiger partial charge on any atom is -0.328 e. The molecule has 0 aliphatic heterocycles. The zero-order valence-corrected chi connectivity index (χ0v) is 13.2. The van der Waals surface area contributed by atoms with Crippen LogP contribution in [0.15, 0.2) is 24.3 Å². The maximum Gasteiger partial charge on any atom is 0.111 e. The molecule has 0 bridgehead atoms. The maximum atomic E-state index is 6.61. The van der Waals surface area contributed by atoms with Crippen molar-refractivity contribution in [3.8, 4) is 0 Å². The highest BCUT2D eigenvalue weighted by molar-refractivity contribution is 5.75. The van der Waals surface area contributed by atoms with Gasteiger partial charge in [0.15, 0.2) is 0 Å². The topological polar surface area (TPSA) is 43.8 Å². The number of benzene rings is 1. The van der Waals surface area contributed by atoms with Crippen LogP contribution >= 0.6 is 0 Å². The van der Waals surface area contributed by atoms with Crippen LogP contribution < -0.4 is 5.73 Å². The number of hydrogen-bond donors (Lipinski definition) is 1. The quantitative estimate of drug-likeness (QED) is 0.871. The number of nitrogens with zero attached hydrogens (tertiary/aromatic N) is 2. The summed E-state index contributed by atoms with van der Waals surface area (Å²) in [5, 5.41) is 0. The van der Waals surface area contributed by atoms with Gasteiger partial charge in [-0.05, 0) is 30.9 Å². The summed E-state index contributed by atoms with van der Waals surface area (Å²) in [6, 6.07) is 8.37. The molecule has 0 saturated heterocycles. The highest BCUT2D eigenvalue weighted by Crippen LogP contribution is 2.25. The van der Waals surface area contributed by atoms with E-state index in [0.717, 1.165) is 37.1 Å². The van der Waals surface area contributed by atoms with E-state index in [9.17, 15) is 0 Å². The van der Waals surface area contributed by atoms with Gasteiger partial charge in [-0.1, -0.05) is 39.8 Å². The molecule has 3 nitrogen and oxygen atoms in total. The molecule has 1 atom stereocenters. The molecule has 0 aliphatic carbocycles. The van der Waals surface area contributed by atoms with E-state index in [1.54, 1.807) is 0 Å². The number of nitrogens with two attached hydrogens (primary N) is 1. The molecule has 0 fully saturated rings. The Labute approximate surface area is 122 Å².